The van der Waals surface area contributed by atoms with E-state index in [1.807, 2.05) is 6.21 Å². The average molecular weight is 287 g/mol. The molecule has 112 valence electrons. The smallest absolute Gasteiger partial charge is 0.183 e. The summed E-state index contributed by atoms with van der Waals surface area (Å²) in [5.74, 6) is 0.469. The molecule has 0 bridgehead atoms. The fourth-order valence-corrected chi connectivity index (χ4v) is 2.92. The summed E-state index contributed by atoms with van der Waals surface area (Å²) < 4.78 is 19.7. The molecule has 19 heavy (non-hydrogen) atoms. The third-order valence-electron chi connectivity index (χ3n) is 3.66. The first-order valence-corrected chi connectivity index (χ1v) is 11.0. The van der Waals surface area contributed by atoms with Gasteiger partial charge in [-0.1, -0.05) is 26.7 Å². The van der Waals surface area contributed by atoms with Gasteiger partial charge in [0.25, 0.3) is 0 Å². The Morgan fingerprint density at radius 2 is 1.89 bits per heavy atom. The topological polar surface area (TPSA) is 21.6 Å². The summed E-state index contributed by atoms with van der Waals surface area (Å²) >= 11 is 0. The zero-order chi connectivity index (χ0) is 14.5. The van der Waals surface area contributed by atoms with Gasteiger partial charge in [0.2, 0.25) is 0 Å². The average Bonchev–Trinajstić information content (AvgIpc) is 2.29. The first-order valence-electron chi connectivity index (χ1n) is 7.61. The van der Waals surface area contributed by atoms with Gasteiger partial charge >= 0.3 is 0 Å². The molecule has 0 saturated heterocycles. The largest absolute Gasteiger partial charge is 0.415 e. The van der Waals surface area contributed by atoms with Crippen LogP contribution >= 0.6 is 0 Å². The van der Waals surface area contributed by atoms with Gasteiger partial charge in [0.05, 0.1) is 12.6 Å². The molecule has 1 aliphatic carbocycles. The molecule has 1 aliphatic rings. The number of aliphatic imine (C=N–C) groups is 1. The van der Waals surface area contributed by atoms with Crippen LogP contribution < -0.4 is 0 Å². The van der Waals surface area contributed by atoms with Crippen molar-refractivity contribution in [2.24, 2.45) is 16.8 Å². The molecular formula is C15H30FNOSi. The predicted octanol–water partition coefficient (Wildman–Crippen LogP) is 4.46. The fraction of sp³-hybridized carbons (Fsp3) is 0.933. The third-order valence-corrected chi connectivity index (χ3v) is 4.69. The lowest BCUT2D eigenvalue weighted by Crippen LogP contribution is -2.32. The molecule has 1 fully saturated rings. The molecule has 0 aromatic rings. The molecule has 1 rings (SSSR count). The van der Waals surface area contributed by atoms with Gasteiger partial charge in [-0.15, -0.1) is 0 Å². The van der Waals surface area contributed by atoms with Gasteiger partial charge < -0.3 is 4.43 Å². The molecular weight excluding hydrogens is 257 g/mol. The molecule has 4 heteroatoms. The number of nitrogens with zero attached hydrogens (tertiary/aromatic N) is 1. The van der Waals surface area contributed by atoms with Crippen molar-refractivity contribution in [3.8, 4) is 0 Å². The van der Waals surface area contributed by atoms with Crippen LogP contribution in [-0.4, -0.2) is 33.4 Å². The maximum Gasteiger partial charge on any atom is 0.183 e. The van der Waals surface area contributed by atoms with Crippen molar-refractivity contribution in [1.82, 2.24) is 0 Å². The second kappa shape index (κ2) is 7.53. The highest BCUT2D eigenvalue weighted by Gasteiger charge is 2.24. The summed E-state index contributed by atoms with van der Waals surface area (Å²) in [6, 6.07) is 0.167. The monoisotopic (exact) mass is 287 g/mol. The summed E-state index contributed by atoms with van der Waals surface area (Å²) in [5, 5.41) is 0. The summed E-state index contributed by atoms with van der Waals surface area (Å²) in [6.45, 7) is 11.5. The molecule has 1 saturated carbocycles. The van der Waals surface area contributed by atoms with Crippen molar-refractivity contribution < 1.29 is 8.82 Å². The van der Waals surface area contributed by atoms with Crippen LogP contribution in [0, 0.1) is 11.8 Å². The van der Waals surface area contributed by atoms with Gasteiger partial charge in [0.15, 0.2) is 8.32 Å². The van der Waals surface area contributed by atoms with E-state index in [0.717, 1.165) is 19.3 Å². The Kier molecular flexibility index (Phi) is 6.67. The van der Waals surface area contributed by atoms with Crippen LogP contribution in [0.3, 0.4) is 0 Å². The lowest BCUT2D eigenvalue weighted by molar-refractivity contribution is 0.211. The molecule has 0 heterocycles. The normalized spacial score (nSPS) is 27.1. The van der Waals surface area contributed by atoms with Crippen LogP contribution in [0.5, 0.6) is 0 Å². The fourth-order valence-electron chi connectivity index (χ4n) is 2.25. The van der Waals surface area contributed by atoms with Gasteiger partial charge in [-0.25, -0.2) is 4.39 Å². The molecule has 0 aromatic heterocycles. The van der Waals surface area contributed by atoms with Crippen LogP contribution in [0.15, 0.2) is 4.99 Å². The highest BCUT2D eigenvalue weighted by Crippen LogP contribution is 2.26. The zero-order valence-corrected chi connectivity index (χ0v) is 14.2. The minimum Gasteiger partial charge on any atom is -0.415 e. The van der Waals surface area contributed by atoms with E-state index in [-0.39, 0.29) is 12.0 Å². The molecule has 0 spiro atoms. The zero-order valence-electron chi connectivity index (χ0n) is 13.2. The van der Waals surface area contributed by atoms with E-state index in [4.69, 9.17) is 4.43 Å². The molecule has 2 nitrogen and oxygen atoms in total. The van der Waals surface area contributed by atoms with Crippen molar-refractivity contribution in [3.05, 3.63) is 0 Å². The quantitative estimate of drug-likeness (QED) is 0.522. The lowest BCUT2D eigenvalue weighted by Gasteiger charge is -2.25. The highest BCUT2D eigenvalue weighted by molar-refractivity contribution is 6.69. The van der Waals surface area contributed by atoms with Crippen molar-refractivity contribution >= 4 is 14.5 Å². The molecule has 0 amide bonds. The molecule has 3 atom stereocenters. The van der Waals surface area contributed by atoms with Crippen LogP contribution in [-0.2, 0) is 4.43 Å². The minimum absolute atomic E-state index is 0.0295. The molecule has 0 aromatic carbocycles. The molecule has 0 radical (unpaired) electrons. The minimum atomic E-state index is -1.50. The maximum absolute atomic E-state index is 13.8. The van der Waals surface area contributed by atoms with Gasteiger partial charge in [-0.3, -0.25) is 4.99 Å². The van der Waals surface area contributed by atoms with Crippen LogP contribution in [0.4, 0.5) is 4.39 Å². The van der Waals surface area contributed by atoms with E-state index in [1.165, 1.54) is 0 Å². The second-order valence-electron chi connectivity index (χ2n) is 7.00. The lowest BCUT2D eigenvalue weighted by atomic mass is 9.88. The Morgan fingerprint density at radius 1 is 1.26 bits per heavy atom. The van der Waals surface area contributed by atoms with E-state index in [1.54, 1.807) is 0 Å². The number of hydrogen-bond acceptors (Lipinski definition) is 2. The number of alkyl halides is 1. The molecule has 2 unspecified atom stereocenters. The van der Waals surface area contributed by atoms with Gasteiger partial charge in [-0.2, -0.15) is 0 Å². The number of rotatable bonds is 6. The summed E-state index contributed by atoms with van der Waals surface area (Å²) in [5.41, 5.74) is 0. The second-order valence-corrected chi connectivity index (χ2v) is 11.5. The highest BCUT2D eigenvalue weighted by atomic mass is 28.4. The first kappa shape index (κ1) is 16.8. The standard InChI is InChI=1S/C15H30FNOSi/c1-12(2)15(11-18-19(3,4)5)17-10-13-8-6-7-9-14(13)16/h10,12-15H,6-9,11H2,1-5H3/t13?,14?,15-/m1/s1. The number of hydrogen-bond donors (Lipinski definition) is 0. The van der Waals surface area contributed by atoms with E-state index in [2.05, 4.69) is 38.5 Å². The molecule has 0 aliphatic heterocycles. The Balaban J connectivity index is 2.52. The predicted molar refractivity (Wildman–Crippen MR) is 83.3 cm³/mol. The Bertz CT molecular complexity index is 288. The van der Waals surface area contributed by atoms with Gasteiger partial charge in [0, 0.05) is 12.1 Å². The SMILES string of the molecule is CC(C)[C@@H](CO[Si](C)(C)C)N=CC1CCCCC1F. The van der Waals surface area contributed by atoms with Crippen molar-refractivity contribution in [2.45, 2.75) is 71.4 Å². The Morgan fingerprint density at radius 3 is 2.42 bits per heavy atom. The van der Waals surface area contributed by atoms with E-state index >= 15 is 0 Å². The van der Waals surface area contributed by atoms with Crippen LogP contribution in [0.25, 0.3) is 0 Å². The van der Waals surface area contributed by atoms with E-state index in [9.17, 15) is 4.39 Å². The van der Waals surface area contributed by atoms with Crippen molar-refractivity contribution in [2.75, 3.05) is 6.61 Å². The van der Waals surface area contributed by atoms with Crippen molar-refractivity contribution in [3.63, 3.8) is 0 Å². The third kappa shape index (κ3) is 6.66. The summed E-state index contributed by atoms with van der Waals surface area (Å²) in [4.78, 5) is 4.63. The summed E-state index contributed by atoms with van der Waals surface area (Å²) in [6.07, 6.45) is 5.00. The van der Waals surface area contributed by atoms with Gasteiger partial charge in [0.1, 0.15) is 6.17 Å². The van der Waals surface area contributed by atoms with E-state index < -0.39 is 14.5 Å². The first-order chi connectivity index (χ1) is 8.79. The van der Waals surface area contributed by atoms with Crippen LogP contribution in [0.2, 0.25) is 19.6 Å². The van der Waals surface area contributed by atoms with Crippen molar-refractivity contribution in [1.29, 1.82) is 0 Å². The summed E-state index contributed by atoms with van der Waals surface area (Å²) in [7, 11) is -1.50. The maximum atomic E-state index is 13.8. The Hall–Kier alpha value is -0.223. The Labute approximate surface area is 119 Å². The number of halogens is 1. The van der Waals surface area contributed by atoms with E-state index in [0.29, 0.717) is 18.9 Å². The molecule has 0 N–H and O–H groups in total. The van der Waals surface area contributed by atoms with Crippen LogP contribution in [0.1, 0.15) is 39.5 Å². The van der Waals surface area contributed by atoms with Gasteiger partial charge in [-0.05, 0) is 38.4 Å².